The highest BCUT2D eigenvalue weighted by molar-refractivity contribution is 5.37. The lowest BCUT2D eigenvalue weighted by Gasteiger charge is -2.45. The second kappa shape index (κ2) is 5.38. The Morgan fingerprint density at radius 2 is 2.00 bits per heavy atom. The molecule has 1 N–H and O–H groups in total. The third-order valence-corrected chi connectivity index (χ3v) is 5.37. The van der Waals surface area contributed by atoms with Gasteiger partial charge in [-0.05, 0) is 49.9 Å². The summed E-state index contributed by atoms with van der Waals surface area (Å²) in [4.78, 5) is 2.62. The van der Waals surface area contributed by atoms with Crippen LogP contribution in [0.25, 0.3) is 0 Å². The minimum absolute atomic E-state index is 0.621. The van der Waals surface area contributed by atoms with E-state index in [1.54, 1.807) is 0 Å². The van der Waals surface area contributed by atoms with Crippen molar-refractivity contribution in [3.63, 3.8) is 0 Å². The molecule has 1 aromatic carbocycles. The zero-order chi connectivity index (χ0) is 13.4. The van der Waals surface area contributed by atoms with Gasteiger partial charge in [-0.15, -0.1) is 0 Å². The van der Waals surface area contributed by atoms with Crippen molar-refractivity contribution in [3.05, 3.63) is 29.8 Å². The lowest BCUT2D eigenvalue weighted by molar-refractivity contribution is 0.0714. The van der Waals surface area contributed by atoms with Crippen LogP contribution >= 0.6 is 0 Å². The van der Waals surface area contributed by atoms with Gasteiger partial charge in [0, 0.05) is 25.0 Å². The van der Waals surface area contributed by atoms with E-state index in [-0.39, 0.29) is 0 Å². The lowest BCUT2D eigenvalue weighted by Crippen LogP contribution is -2.56. The van der Waals surface area contributed by atoms with Gasteiger partial charge in [-0.25, -0.2) is 0 Å². The van der Waals surface area contributed by atoms with Crippen molar-refractivity contribution in [2.45, 2.75) is 31.2 Å². The number of para-hydroxylation sites is 1. The van der Waals surface area contributed by atoms with Crippen LogP contribution in [0.4, 0.5) is 0 Å². The lowest BCUT2D eigenvalue weighted by atomic mass is 9.83. The minimum Gasteiger partial charge on any atom is -0.493 e. The molecule has 3 nitrogen and oxygen atoms in total. The fourth-order valence-corrected chi connectivity index (χ4v) is 4.12. The van der Waals surface area contributed by atoms with E-state index in [0.29, 0.717) is 12.0 Å². The van der Waals surface area contributed by atoms with E-state index in [1.165, 1.54) is 38.0 Å². The largest absolute Gasteiger partial charge is 0.493 e. The number of fused-ring (bicyclic) bond motifs is 4. The van der Waals surface area contributed by atoms with Crippen LogP contribution < -0.4 is 10.1 Å². The molecular weight excluding hydrogens is 248 g/mol. The summed E-state index contributed by atoms with van der Waals surface area (Å²) in [5.74, 6) is 2.63. The summed E-state index contributed by atoms with van der Waals surface area (Å²) in [6, 6.07) is 9.26. The van der Waals surface area contributed by atoms with Crippen LogP contribution in [-0.2, 0) is 0 Å². The molecule has 3 saturated heterocycles. The van der Waals surface area contributed by atoms with Gasteiger partial charge in [0.1, 0.15) is 5.75 Å². The van der Waals surface area contributed by atoms with E-state index in [4.69, 9.17) is 4.74 Å². The Morgan fingerprint density at radius 3 is 2.80 bits per heavy atom. The molecule has 2 bridgehead atoms. The third-order valence-electron chi connectivity index (χ3n) is 5.37. The molecule has 20 heavy (non-hydrogen) atoms. The summed E-state index contributed by atoms with van der Waals surface area (Å²) >= 11 is 0. The Morgan fingerprint density at radius 1 is 1.15 bits per heavy atom. The van der Waals surface area contributed by atoms with Crippen LogP contribution in [0.3, 0.4) is 0 Å². The highest BCUT2D eigenvalue weighted by Gasteiger charge is 2.34. The van der Waals surface area contributed by atoms with Gasteiger partial charge in [0.15, 0.2) is 0 Å². The number of piperidine rings is 3. The first-order chi connectivity index (χ1) is 9.90. The normalized spacial score (nSPS) is 35.4. The predicted molar refractivity (Wildman–Crippen MR) is 80.2 cm³/mol. The summed E-state index contributed by atoms with van der Waals surface area (Å²) in [6.07, 6.45) is 3.93. The fourth-order valence-electron chi connectivity index (χ4n) is 4.12. The molecule has 2 atom stereocenters. The van der Waals surface area contributed by atoms with E-state index in [9.17, 15) is 0 Å². The summed E-state index contributed by atoms with van der Waals surface area (Å²) in [7, 11) is 0. The highest BCUT2D eigenvalue weighted by Crippen LogP contribution is 2.33. The van der Waals surface area contributed by atoms with Gasteiger partial charge in [-0.1, -0.05) is 18.2 Å². The molecule has 0 saturated carbocycles. The molecule has 1 aromatic rings. The summed E-state index contributed by atoms with van der Waals surface area (Å²) in [5, 5.41) is 3.87. The highest BCUT2D eigenvalue weighted by atomic mass is 16.5. The molecule has 4 heterocycles. The molecule has 0 amide bonds. The molecule has 2 unspecified atom stereocenters. The van der Waals surface area contributed by atoms with E-state index in [0.717, 1.165) is 31.2 Å². The Kier molecular flexibility index (Phi) is 3.41. The van der Waals surface area contributed by atoms with Gasteiger partial charge in [0.25, 0.3) is 0 Å². The minimum atomic E-state index is 0.621. The molecule has 0 aromatic heterocycles. The van der Waals surface area contributed by atoms with Crippen molar-refractivity contribution < 1.29 is 4.74 Å². The predicted octanol–water partition coefficient (Wildman–Crippen LogP) is 2.24. The molecule has 0 radical (unpaired) electrons. The molecule has 5 rings (SSSR count). The standard InChI is InChI=1S/C17H24N2O/c1-2-4-17-15(3-1)14(7-10-20-17)11-18-16-12-19-8-5-13(16)6-9-19/h1-4,13-14,16,18H,5-12H2. The smallest absolute Gasteiger partial charge is 0.122 e. The van der Waals surface area contributed by atoms with Gasteiger partial charge in [0.05, 0.1) is 6.61 Å². The maximum Gasteiger partial charge on any atom is 0.122 e. The van der Waals surface area contributed by atoms with Gasteiger partial charge < -0.3 is 15.0 Å². The average molecular weight is 272 g/mol. The van der Waals surface area contributed by atoms with E-state index in [2.05, 4.69) is 34.5 Å². The van der Waals surface area contributed by atoms with Gasteiger partial charge in [0.2, 0.25) is 0 Å². The van der Waals surface area contributed by atoms with Crippen LogP contribution in [0.2, 0.25) is 0 Å². The Labute approximate surface area is 121 Å². The Balaban J connectivity index is 1.41. The average Bonchev–Trinajstić information content (AvgIpc) is 2.54. The van der Waals surface area contributed by atoms with Crippen molar-refractivity contribution in [1.29, 1.82) is 0 Å². The molecule has 3 fully saturated rings. The number of hydrogen-bond donors (Lipinski definition) is 1. The maximum atomic E-state index is 5.76. The fraction of sp³-hybridized carbons (Fsp3) is 0.647. The first kappa shape index (κ1) is 12.7. The second-order valence-corrected chi connectivity index (χ2v) is 6.52. The zero-order valence-corrected chi connectivity index (χ0v) is 12.1. The zero-order valence-electron chi connectivity index (χ0n) is 12.1. The number of nitrogens with one attached hydrogen (secondary N) is 1. The van der Waals surface area contributed by atoms with Crippen molar-refractivity contribution in [1.82, 2.24) is 10.2 Å². The topological polar surface area (TPSA) is 24.5 Å². The van der Waals surface area contributed by atoms with Crippen LogP contribution in [0.1, 0.15) is 30.7 Å². The number of rotatable bonds is 3. The van der Waals surface area contributed by atoms with Crippen LogP contribution in [0.15, 0.2) is 24.3 Å². The number of nitrogens with zero attached hydrogens (tertiary/aromatic N) is 1. The molecule has 108 valence electrons. The molecule has 4 aliphatic heterocycles. The molecule has 0 aliphatic carbocycles. The molecule has 3 heteroatoms. The summed E-state index contributed by atoms with van der Waals surface area (Å²) in [5.41, 5.74) is 1.40. The first-order valence-electron chi connectivity index (χ1n) is 8.07. The van der Waals surface area contributed by atoms with Crippen molar-refractivity contribution >= 4 is 0 Å². The van der Waals surface area contributed by atoms with Gasteiger partial charge in [-0.2, -0.15) is 0 Å². The summed E-state index contributed by atoms with van der Waals surface area (Å²) in [6.45, 7) is 5.88. The molecule has 4 aliphatic rings. The maximum absolute atomic E-state index is 5.76. The second-order valence-electron chi connectivity index (χ2n) is 6.52. The number of benzene rings is 1. The van der Waals surface area contributed by atoms with Crippen molar-refractivity contribution in [3.8, 4) is 5.75 Å². The van der Waals surface area contributed by atoms with Crippen LogP contribution in [0, 0.1) is 5.92 Å². The van der Waals surface area contributed by atoms with Gasteiger partial charge >= 0.3 is 0 Å². The molecule has 0 spiro atoms. The van der Waals surface area contributed by atoms with Gasteiger partial charge in [-0.3, -0.25) is 0 Å². The summed E-state index contributed by atoms with van der Waals surface area (Å²) < 4.78 is 5.76. The Bertz CT molecular complexity index is 468. The van der Waals surface area contributed by atoms with E-state index >= 15 is 0 Å². The van der Waals surface area contributed by atoms with E-state index < -0.39 is 0 Å². The van der Waals surface area contributed by atoms with Crippen LogP contribution in [-0.4, -0.2) is 43.7 Å². The van der Waals surface area contributed by atoms with Crippen molar-refractivity contribution in [2.75, 3.05) is 32.8 Å². The number of hydrogen-bond acceptors (Lipinski definition) is 3. The third kappa shape index (κ3) is 2.33. The van der Waals surface area contributed by atoms with Crippen LogP contribution in [0.5, 0.6) is 5.75 Å². The SMILES string of the molecule is c1ccc2c(c1)OCCC2CNC1CN2CCC1CC2. The molecular formula is C17H24N2O. The first-order valence-corrected chi connectivity index (χ1v) is 8.07. The Hall–Kier alpha value is -1.06. The number of ether oxygens (including phenoxy) is 1. The van der Waals surface area contributed by atoms with Crippen molar-refractivity contribution in [2.24, 2.45) is 5.92 Å². The quantitative estimate of drug-likeness (QED) is 0.913. The van der Waals surface area contributed by atoms with E-state index in [1.807, 2.05) is 0 Å². The monoisotopic (exact) mass is 272 g/mol.